The number of aryl methyl sites for hydroxylation is 1. The van der Waals surface area contributed by atoms with Gasteiger partial charge in [-0.05, 0) is 49.6 Å². The lowest BCUT2D eigenvalue weighted by molar-refractivity contribution is 0.866. The highest BCUT2D eigenvalue weighted by atomic mass is 15.1. The molecule has 0 radical (unpaired) electrons. The van der Waals surface area contributed by atoms with Gasteiger partial charge in [-0.3, -0.25) is 0 Å². The second-order valence-corrected chi connectivity index (χ2v) is 4.95. The highest BCUT2D eigenvalue weighted by Crippen LogP contribution is 2.17. The van der Waals surface area contributed by atoms with Gasteiger partial charge in [0, 0.05) is 18.8 Å². The van der Waals surface area contributed by atoms with Crippen molar-refractivity contribution in [2.24, 2.45) is 0 Å². The van der Waals surface area contributed by atoms with E-state index < -0.39 is 0 Å². The summed E-state index contributed by atoms with van der Waals surface area (Å²) in [5.41, 5.74) is 5.12. The fourth-order valence-corrected chi connectivity index (χ4v) is 2.34. The molecule has 0 aliphatic rings. The van der Waals surface area contributed by atoms with Crippen LogP contribution in [0.4, 0.5) is 5.69 Å². The van der Waals surface area contributed by atoms with E-state index in [1.165, 1.54) is 22.4 Å². The van der Waals surface area contributed by atoms with E-state index >= 15 is 0 Å². The molecule has 1 heteroatoms. The van der Waals surface area contributed by atoms with Gasteiger partial charge in [-0.1, -0.05) is 48.6 Å². The molecule has 1 nitrogen and oxygen atoms in total. The molecule has 0 spiro atoms. The lowest BCUT2D eigenvalue weighted by atomic mass is 10.1. The van der Waals surface area contributed by atoms with Gasteiger partial charge >= 0.3 is 0 Å². The summed E-state index contributed by atoms with van der Waals surface area (Å²) in [6, 6.07) is 17.2. The van der Waals surface area contributed by atoms with Crippen molar-refractivity contribution >= 4 is 17.8 Å². The number of rotatable bonds is 5. The molecule has 0 aliphatic heterocycles. The fraction of sp³-hybridized carbons (Fsp3) is 0.263. The van der Waals surface area contributed by atoms with E-state index in [1.54, 1.807) is 0 Å². The van der Waals surface area contributed by atoms with Crippen LogP contribution in [-0.2, 0) is 0 Å². The number of hydrogen-bond acceptors (Lipinski definition) is 1. The molecule has 0 aliphatic carbocycles. The monoisotopic (exact) mass is 265 g/mol. The van der Waals surface area contributed by atoms with Crippen molar-refractivity contribution in [3.8, 4) is 0 Å². The van der Waals surface area contributed by atoms with Crippen LogP contribution in [0.3, 0.4) is 0 Å². The Kier molecular flexibility index (Phi) is 5.00. The third kappa shape index (κ3) is 3.51. The van der Waals surface area contributed by atoms with Crippen molar-refractivity contribution in [1.82, 2.24) is 0 Å². The molecule has 0 saturated carbocycles. The van der Waals surface area contributed by atoms with E-state index in [1.807, 2.05) is 0 Å². The van der Waals surface area contributed by atoms with Crippen molar-refractivity contribution in [2.75, 3.05) is 18.0 Å². The van der Waals surface area contributed by atoms with Crippen molar-refractivity contribution in [3.63, 3.8) is 0 Å². The van der Waals surface area contributed by atoms with E-state index in [9.17, 15) is 0 Å². The molecule has 2 aromatic rings. The molecule has 20 heavy (non-hydrogen) atoms. The van der Waals surface area contributed by atoms with Crippen LogP contribution < -0.4 is 4.90 Å². The van der Waals surface area contributed by atoms with Crippen LogP contribution >= 0.6 is 0 Å². The van der Waals surface area contributed by atoms with E-state index in [0.29, 0.717) is 0 Å². The molecule has 0 bridgehead atoms. The number of nitrogens with zero attached hydrogens (tertiary/aromatic N) is 1. The van der Waals surface area contributed by atoms with Crippen molar-refractivity contribution in [3.05, 3.63) is 65.2 Å². The minimum Gasteiger partial charge on any atom is -0.372 e. The van der Waals surface area contributed by atoms with Crippen LogP contribution in [0.1, 0.15) is 30.5 Å². The van der Waals surface area contributed by atoms with Gasteiger partial charge in [-0.15, -0.1) is 0 Å². The summed E-state index contributed by atoms with van der Waals surface area (Å²) >= 11 is 0. The Labute approximate surface area is 122 Å². The molecule has 0 heterocycles. The van der Waals surface area contributed by atoms with Gasteiger partial charge in [0.2, 0.25) is 0 Å². The maximum atomic E-state index is 2.36. The van der Waals surface area contributed by atoms with Crippen LogP contribution in [0, 0.1) is 6.92 Å². The Morgan fingerprint density at radius 3 is 2.10 bits per heavy atom. The number of hydrogen-bond donors (Lipinski definition) is 0. The molecule has 0 amide bonds. The highest BCUT2D eigenvalue weighted by molar-refractivity contribution is 5.71. The Hall–Kier alpha value is -2.02. The quantitative estimate of drug-likeness (QED) is 0.687. The topological polar surface area (TPSA) is 3.24 Å². The molecule has 2 rings (SSSR count). The van der Waals surface area contributed by atoms with Crippen LogP contribution in [0.15, 0.2) is 48.5 Å². The van der Waals surface area contributed by atoms with Gasteiger partial charge in [0.25, 0.3) is 0 Å². The highest BCUT2D eigenvalue weighted by Gasteiger charge is 2.00. The van der Waals surface area contributed by atoms with Crippen LogP contribution in [0.25, 0.3) is 12.2 Å². The minimum atomic E-state index is 1.05. The van der Waals surface area contributed by atoms with Crippen molar-refractivity contribution in [2.45, 2.75) is 20.8 Å². The zero-order chi connectivity index (χ0) is 14.4. The van der Waals surface area contributed by atoms with E-state index in [2.05, 4.69) is 86.4 Å². The van der Waals surface area contributed by atoms with Gasteiger partial charge in [-0.25, -0.2) is 0 Å². The minimum absolute atomic E-state index is 1.05. The molecule has 0 unspecified atom stereocenters. The van der Waals surface area contributed by atoms with Crippen molar-refractivity contribution < 1.29 is 0 Å². The Morgan fingerprint density at radius 2 is 1.50 bits per heavy atom. The summed E-state index contributed by atoms with van der Waals surface area (Å²) < 4.78 is 0. The second-order valence-electron chi connectivity index (χ2n) is 4.95. The van der Waals surface area contributed by atoms with Crippen LogP contribution in [0.5, 0.6) is 0 Å². The standard InChI is InChI=1S/C19H23N/c1-4-20(5-2)19-14-11-17(12-15-19)10-13-18-9-7-6-8-16(18)3/h6-15H,4-5H2,1-3H3. The predicted octanol–water partition coefficient (Wildman–Crippen LogP) is 5.01. The summed E-state index contributed by atoms with van der Waals surface area (Å²) in [5, 5.41) is 0. The maximum Gasteiger partial charge on any atom is 0.0366 e. The third-order valence-corrected chi connectivity index (χ3v) is 3.67. The van der Waals surface area contributed by atoms with E-state index in [4.69, 9.17) is 0 Å². The van der Waals surface area contributed by atoms with Gasteiger partial charge in [-0.2, -0.15) is 0 Å². The number of benzene rings is 2. The summed E-state index contributed by atoms with van der Waals surface area (Å²) in [4.78, 5) is 2.36. The Balaban J connectivity index is 2.13. The average molecular weight is 265 g/mol. The molecule has 0 saturated heterocycles. The smallest absolute Gasteiger partial charge is 0.0366 e. The van der Waals surface area contributed by atoms with Crippen molar-refractivity contribution in [1.29, 1.82) is 0 Å². The normalized spacial score (nSPS) is 10.9. The van der Waals surface area contributed by atoms with Gasteiger partial charge < -0.3 is 4.90 Å². The molecule has 2 aromatic carbocycles. The summed E-state index contributed by atoms with van der Waals surface area (Å²) in [7, 11) is 0. The zero-order valence-electron chi connectivity index (χ0n) is 12.6. The van der Waals surface area contributed by atoms with Crippen LogP contribution in [-0.4, -0.2) is 13.1 Å². The molecule has 0 aromatic heterocycles. The second kappa shape index (κ2) is 6.95. The van der Waals surface area contributed by atoms with E-state index in [-0.39, 0.29) is 0 Å². The largest absolute Gasteiger partial charge is 0.372 e. The molecule has 0 N–H and O–H groups in total. The molecule has 104 valence electrons. The zero-order valence-corrected chi connectivity index (χ0v) is 12.6. The first kappa shape index (κ1) is 14.4. The Bertz CT molecular complexity index is 563. The summed E-state index contributed by atoms with van der Waals surface area (Å²) in [6.45, 7) is 8.62. The summed E-state index contributed by atoms with van der Waals surface area (Å²) in [6.07, 6.45) is 4.36. The fourth-order valence-electron chi connectivity index (χ4n) is 2.34. The van der Waals surface area contributed by atoms with Gasteiger partial charge in [0.1, 0.15) is 0 Å². The van der Waals surface area contributed by atoms with Gasteiger partial charge in [0.15, 0.2) is 0 Å². The third-order valence-electron chi connectivity index (χ3n) is 3.67. The van der Waals surface area contributed by atoms with E-state index in [0.717, 1.165) is 13.1 Å². The SMILES string of the molecule is CCN(CC)c1ccc(C=Cc2ccccc2C)cc1. The maximum absolute atomic E-state index is 2.36. The predicted molar refractivity (Wildman–Crippen MR) is 90.1 cm³/mol. The lowest BCUT2D eigenvalue weighted by Gasteiger charge is -2.20. The molecular formula is C19H23N. The number of anilines is 1. The van der Waals surface area contributed by atoms with Crippen LogP contribution in [0.2, 0.25) is 0 Å². The first-order chi connectivity index (χ1) is 9.74. The van der Waals surface area contributed by atoms with Gasteiger partial charge in [0.05, 0.1) is 0 Å². The molecule has 0 atom stereocenters. The molecular weight excluding hydrogens is 242 g/mol. The first-order valence-corrected chi connectivity index (χ1v) is 7.33. The first-order valence-electron chi connectivity index (χ1n) is 7.33. The Morgan fingerprint density at radius 1 is 0.850 bits per heavy atom. The average Bonchev–Trinajstić information content (AvgIpc) is 2.49. The summed E-state index contributed by atoms with van der Waals surface area (Å²) in [5.74, 6) is 0. The lowest BCUT2D eigenvalue weighted by Crippen LogP contribution is -2.21. The molecule has 0 fully saturated rings.